The average molecular weight is 495 g/mol. The van der Waals surface area contributed by atoms with Crippen LogP contribution in [-0.4, -0.2) is 65.8 Å². The number of hydrogen-bond acceptors (Lipinski definition) is 8. The number of benzene rings is 1. The minimum absolute atomic E-state index is 0.0281. The fourth-order valence-electron chi connectivity index (χ4n) is 3.77. The Kier molecular flexibility index (Phi) is 7.30. The molecule has 4 rings (SSSR count). The van der Waals surface area contributed by atoms with E-state index in [-0.39, 0.29) is 17.2 Å². The second-order valence-electron chi connectivity index (χ2n) is 8.90. The van der Waals surface area contributed by atoms with Gasteiger partial charge in [0.05, 0.1) is 16.6 Å². The Bertz CT molecular complexity index is 1250. The van der Waals surface area contributed by atoms with E-state index < -0.39 is 15.1 Å². The number of aromatic nitrogens is 3. The highest BCUT2D eigenvalue weighted by Crippen LogP contribution is 2.19. The smallest absolute Gasteiger partial charge is 0.227 e. The van der Waals surface area contributed by atoms with E-state index in [4.69, 9.17) is 0 Å². The number of amides is 1. The van der Waals surface area contributed by atoms with Crippen molar-refractivity contribution in [2.75, 3.05) is 36.4 Å². The van der Waals surface area contributed by atoms with E-state index in [1.54, 1.807) is 44.3 Å². The van der Waals surface area contributed by atoms with Gasteiger partial charge < -0.3 is 15.1 Å². The molecule has 0 unspecified atom stereocenters. The number of pyridine rings is 1. The zero-order chi connectivity index (χ0) is 25.0. The standard InChI is InChI=1S/C25H30N6O3S/c1-18(2)35(33,34)21-7-5-20(6-8-21)16-25(32)31-14-12-30(13-15-31)24-11-10-23(28-29-24)27-22-9-4-19(3)17-26-22/h4-11,17-18H,12-16H2,1-3H3,(H,26,27,28). The van der Waals surface area contributed by atoms with Crippen LogP contribution in [0.25, 0.3) is 0 Å². The first-order chi connectivity index (χ1) is 16.7. The summed E-state index contributed by atoms with van der Waals surface area (Å²) in [6, 6.07) is 14.3. The lowest BCUT2D eigenvalue weighted by Gasteiger charge is -2.35. The molecule has 35 heavy (non-hydrogen) atoms. The van der Waals surface area contributed by atoms with Gasteiger partial charge in [-0.3, -0.25) is 4.79 Å². The van der Waals surface area contributed by atoms with Crippen LogP contribution in [-0.2, 0) is 21.1 Å². The van der Waals surface area contributed by atoms with E-state index in [0.717, 1.165) is 16.9 Å². The number of hydrogen-bond donors (Lipinski definition) is 1. The number of carbonyl (C=O) groups is 1. The maximum Gasteiger partial charge on any atom is 0.227 e. The summed E-state index contributed by atoms with van der Waals surface area (Å²) in [5, 5.41) is 11.2. The fraction of sp³-hybridized carbons (Fsp3) is 0.360. The molecular formula is C25H30N6O3S. The van der Waals surface area contributed by atoms with Gasteiger partial charge in [0.15, 0.2) is 21.5 Å². The van der Waals surface area contributed by atoms with Gasteiger partial charge in [-0.1, -0.05) is 18.2 Å². The molecule has 1 aliphatic rings. The van der Waals surface area contributed by atoms with Crippen LogP contribution in [0.15, 0.2) is 59.6 Å². The Labute approximate surface area is 206 Å². The predicted octanol–water partition coefficient (Wildman–Crippen LogP) is 3.00. The Morgan fingerprint density at radius 1 is 0.943 bits per heavy atom. The van der Waals surface area contributed by atoms with Crippen molar-refractivity contribution in [1.29, 1.82) is 0 Å². The maximum atomic E-state index is 12.8. The average Bonchev–Trinajstić information content (AvgIpc) is 2.86. The van der Waals surface area contributed by atoms with Crippen molar-refractivity contribution < 1.29 is 13.2 Å². The fourth-order valence-corrected chi connectivity index (χ4v) is 4.83. The maximum absolute atomic E-state index is 12.8. The molecule has 1 amide bonds. The summed E-state index contributed by atoms with van der Waals surface area (Å²) in [5.74, 6) is 2.12. The van der Waals surface area contributed by atoms with Gasteiger partial charge in [-0.25, -0.2) is 13.4 Å². The van der Waals surface area contributed by atoms with Crippen molar-refractivity contribution in [2.24, 2.45) is 0 Å². The summed E-state index contributed by atoms with van der Waals surface area (Å²) in [7, 11) is -3.31. The first kappa shape index (κ1) is 24.6. The van der Waals surface area contributed by atoms with Crippen molar-refractivity contribution in [2.45, 2.75) is 37.3 Å². The molecule has 9 nitrogen and oxygen atoms in total. The largest absolute Gasteiger partial charge is 0.352 e. The molecule has 3 aromatic rings. The molecule has 0 radical (unpaired) electrons. The summed E-state index contributed by atoms with van der Waals surface area (Å²) in [6.45, 7) is 7.81. The van der Waals surface area contributed by atoms with Crippen molar-refractivity contribution in [3.8, 4) is 0 Å². The lowest BCUT2D eigenvalue weighted by Crippen LogP contribution is -2.49. The molecule has 0 bridgehead atoms. The minimum atomic E-state index is -3.31. The van der Waals surface area contributed by atoms with Gasteiger partial charge in [0, 0.05) is 32.4 Å². The minimum Gasteiger partial charge on any atom is -0.352 e. The molecule has 184 valence electrons. The number of nitrogens with one attached hydrogen (secondary N) is 1. The highest BCUT2D eigenvalue weighted by atomic mass is 32.2. The Morgan fingerprint density at radius 3 is 2.20 bits per heavy atom. The molecule has 0 spiro atoms. The summed E-state index contributed by atoms with van der Waals surface area (Å²) >= 11 is 0. The Balaban J connectivity index is 1.29. The third-order valence-corrected chi connectivity index (χ3v) is 8.17. The van der Waals surface area contributed by atoms with Crippen LogP contribution in [0.1, 0.15) is 25.0 Å². The lowest BCUT2D eigenvalue weighted by atomic mass is 10.1. The third-order valence-electron chi connectivity index (χ3n) is 6.00. The highest BCUT2D eigenvalue weighted by molar-refractivity contribution is 7.92. The second-order valence-corrected chi connectivity index (χ2v) is 11.4. The van der Waals surface area contributed by atoms with Crippen LogP contribution >= 0.6 is 0 Å². The van der Waals surface area contributed by atoms with Crippen LogP contribution < -0.4 is 10.2 Å². The van der Waals surface area contributed by atoms with Crippen molar-refractivity contribution in [1.82, 2.24) is 20.1 Å². The molecule has 0 atom stereocenters. The van der Waals surface area contributed by atoms with E-state index in [1.807, 2.05) is 36.1 Å². The first-order valence-corrected chi connectivity index (χ1v) is 13.2. The van der Waals surface area contributed by atoms with Gasteiger partial charge >= 0.3 is 0 Å². The summed E-state index contributed by atoms with van der Waals surface area (Å²) in [4.78, 5) is 21.3. The molecule has 0 aliphatic carbocycles. The Hall–Kier alpha value is -3.53. The quantitative estimate of drug-likeness (QED) is 0.534. The van der Waals surface area contributed by atoms with Crippen molar-refractivity contribution in [3.05, 3.63) is 65.9 Å². The van der Waals surface area contributed by atoms with Crippen LogP contribution in [0.3, 0.4) is 0 Å². The summed E-state index contributed by atoms with van der Waals surface area (Å²) < 4.78 is 24.6. The predicted molar refractivity (Wildman–Crippen MR) is 136 cm³/mol. The van der Waals surface area contributed by atoms with Gasteiger partial charge in [-0.05, 0) is 62.2 Å². The molecule has 1 aromatic carbocycles. The molecular weight excluding hydrogens is 464 g/mol. The summed E-state index contributed by atoms with van der Waals surface area (Å²) in [5.41, 5.74) is 1.89. The molecule has 1 N–H and O–H groups in total. The number of aryl methyl sites for hydroxylation is 1. The van der Waals surface area contributed by atoms with Crippen LogP contribution in [0.5, 0.6) is 0 Å². The SMILES string of the molecule is Cc1ccc(Nc2ccc(N3CCN(C(=O)Cc4ccc(S(=O)(=O)C(C)C)cc4)CC3)nn2)nc1. The summed E-state index contributed by atoms with van der Waals surface area (Å²) in [6.07, 6.45) is 2.03. The third kappa shape index (κ3) is 5.94. The highest BCUT2D eigenvalue weighted by Gasteiger charge is 2.23. The molecule has 1 saturated heterocycles. The molecule has 10 heteroatoms. The number of piperazine rings is 1. The first-order valence-electron chi connectivity index (χ1n) is 11.6. The monoisotopic (exact) mass is 494 g/mol. The molecule has 1 aliphatic heterocycles. The van der Waals surface area contributed by atoms with Gasteiger partial charge in [0.2, 0.25) is 5.91 Å². The normalized spacial score (nSPS) is 14.3. The van der Waals surface area contributed by atoms with E-state index in [1.165, 1.54) is 0 Å². The van der Waals surface area contributed by atoms with Gasteiger partial charge in [0.1, 0.15) is 5.82 Å². The molecule has 3 heterocycles. The number of carbonyl (C=O) groups excluding carboxylic acids is 1. The zero-order valence-electron chi connectivity index (χ0n) is 20.2. The Morgan fingerprint density at radius 2 is 1.63 bits per heavy atom. The number of nitrogens with zero attached hydrogens (tertiary/aromatic N) is 5. The van der Waals surface area contributed by atoms with Crippen LogP contribution in [0.4, 0.5) is 17.5 Å². The number of rotatable bonds is 7. The van der Waals surface area contributed by atoms with E-state index in [9.17, 15) is 13.2 Å². The van der Waals surface area contributed by atoms with Gasteiger partial charge in [0.25, 0.3) is 0 Å². The topological polar surface area (TPSA) is 108 Å². The van der Waals surface area contributed by atoms with E-state index in [0.29, 0.717) is 37.8 Å². The van der Waals surface area contributed by atoms with E-state index in [2.05, 4.69) is 25.4 Å². The van der Waals surface area contributed by atoms with Gasteiger partial charge in [-0.15, -0.1) is 10.2 Å². The molecule has 2 aromatic heterocycles. The van der Waals surface area contributed by atoms with E-state index >= 15 is 0 Å². The molecule has 1 fully saturated rings. The van der Waals surface area contributed by atoms with Crippen LogP contribution in [0, 0.1) is 6.92 Å². The second kappa shape index (κ2) is 10.4. The van der Waals surface area contributed by atoms with Crippen LogP contribution in [0.2, 0.25) is 0 Å². The number of sulfone groups is 1. The van der Waals surface area contributed by atoms with Crippen molar-refractivity contribution >= 4 is 33.2 Å². The molecule has 0 saturated carbocycles. The number of anilines is 3. The van der Waals surface area contributed by atoms with Crippen molar-refractivity contribution in [3.63, 3.8) is 0 Å². The van der Waals surface area contributed by atoms with Gasteiger partial charge in [-0.2, -0.15) is 0 Å². The zero-order valence-corrected chi connectivity index (χ0v) is 21.0. The lowest BCUT2D eigenvalue weighted by molar-refractivity contribution is -0.130.